The SMILES string of the molecule is CC(C)(C)OC(=O)N1CCNCC1CC=CCl. The van der Waals surface area contributed by atoms with Gasteiger partial charge in [-0.15, -0.1) is 0 Å². The maximum absolute atomic E-state index is 12.0. The van der Waals surface area contributed by atoms with Gasteiger partial charge in [-0.2, -0.15) is 0 Å². The molecule has 1 amide bonds. The van der Waals surface area contributed by atoms with E-state index in [9.17, 15) is 4.79 Å². The molecule has 98 valence electrons. The van der Waals surface area contributed by atoms with Gasteiger partial charge in [0.1, 0.15) is 5.60 Å². The number of hydrogen-bond acceptors (Lipinski definition) is 3. The first-order valence-electron chi connectivity index (χ1n) is 5.89. The van der Waals surface area contributed by atoms with Crippen molar-refractivity contribution in [2.24, 2.45) is 0 Å². The molecule has 1 aliphatic rings. The maximum atomic E-state index is 12.0. The Morgan fingerprint density at radius 3 is 2.88 bits per heavy atom. The van der Waals surface area contributed by atoms with Gasteiger partial charge in [0.2, 0.25) is 0 Å². The van der Waals surface area contributed by atoms with Crippen LogP contribution in [0.25, 0.3) is 0 Å². The third-order valence-electron chi connectivity index (χ3n) is 2.48. The molecule has 1 heterocycles. The van der Waals surface area contributed by atoms with Crippen molar-refractivity contribution in [1.29, 1.82) is 0 Å². The van der Waals surface area contributed by atoms with Crippen LogP contribution in [0, 0.1) is 0 Å². The van der Waals surface area contributed by atoms with Gasteiger partial charge in [-0.25, -0.2) is 4.79 Å². The van der Waals surface area contributed by atoms with Crippen LogP contribution in [0.5, 0.6) is 0 Å². The summed E-state index contributed by atoms with van der Waals surface area (Å²) < 4.78 is 5.39. The van der Waals surface area contributed by atoms with E-state index in [4.69, 9.17) is 16.3 Å². The minimum Gasteiger partial charge on any atom is -0.444 e. The van der Waals surface area contributed by atoms with E-state index in [1.807, 2.05) is 26.8 Å². The van der Waals surface area contributed by atoms with Crippen molar-refractivity contribution in [1.82, 2.24) is 10.2 Å². The van der Waals surface area contributed by atoms with E-state index in [0.717, 1.165) is 19.5 Å². The Balaban J connectivity index is 2.60. The second kappa shape index (κ2) is 6.26. The highest BCUT2D eigenvalue weighted by Gasteiger charge is 2.29. The molecular weight excluding hydrogens is 240 g/mol. The molecule has 0 aliphatic carbocycles. The standard InChI is InChI=1S/C12H21ClN2O2/c1-12(2,3)17-11(16)15-8-7-14-9-10(15)5-4-6-13/h4,6,10,14H,5,7-9H2,1-3H3. The van der Waals surface area contributed by atoms with E-state index in [0.29, 0.717) is 6.54 Å². The molecular formula is C12H21ClN2O2. The number of amides is 1. The van der Waals surface area contributed by atoms with Crippen LogP contribution in [0.3, 0.4) is 0 Å². The molecule has 0 aromatic heterocycles. The molecule has 1 N–H and O–H groups in total. The minimum atomic E-state index is -0.450. The van der Waals surface area contributed by atoms with Crippen molar-refractivity contribution < 1.29 is 9.53 Å². The van der Waals surface area contributed by atoms with E-state index < -0.39 is 5.60 Å². The summed E-state index contributed by atoms with van der Waals surface area (Å²) in [5.74, 6) is 0. The van der Waals surface area contributed by atoms with Crippen LogP contribution in [0.15, 0.2) is 11.6 Å². The molecule has 1 fully saturated rings. The predicted molar refractivity (Wildman–Crippen MR) is 69.2 cm³/mol. The summed E-state index contributed by atoms with van der Waals surface area (Å²) in [4.78, 5) is 13.8. The summed E-state index contributed by atoms with van der Waals surface area (Å²) in [6.07, 6.45) is 2.36. The van der Waals surface area contributed by atoms with Crippen LogP contribution in [0.1, 0.15) is 27.2 Å². The zero-order valence-electron chi connectivity index (χ0n) is 10.7. The van der Waals surface area contributed by atoms with Crippen LogP contribution in [0.2, 0.25) is 0 Å². The number of piperazine rings is 1. The van der Waals surface area contributed by atoms with Crippen molar-refractivity contribution in [3.05, 3.63) is 11.6 Å². The second-order valence-electron chi connectivity index (χ2n) is 5.13. The first kappa shape index (κ1) is 14.3. The maximum Gasteiger partial charge on any atom is 0.410 e. The van der Waals surface area contributed by atoms with Gasteiger partial charge in [0, 0.05) is 25.2 Å². The van der Waals surface area contributed by atoms with Gasteiger partial charge in [-0.1, -0.05) is 17.7 Å². The van der Waals surface area contributed by atoms with Crippen LogP contribution < -0.4 is 5.32 Å². The largest absolute Gasteiger partial charge is 0.444 e. The number of carbonyl (C=O) groups excluding carboxylic acids is 1. The van der Waals surface area contributed by atoms with E-state index in [1.165, 1.54) is 5.54 Å². The normalized spacial score (nSPS) is 21.9. The van der Waals surface area contributed by atoms with Crippen molar-refractivity contribution in [2.45, 2.75) is 38.8 Å². The highest BCUT2D eigenvalue weighted by Crippen LogP contribution is 2.15. The Kier molecular flexibility index (Phi) is 5.28. The van der Waals surface area contributed by atoms with Gasteiger partial charge in [-0.05, 0) is 27.2 Å². The lowest BCUT2D eigenvalue weighted by Crippen LogP contribution is -2.54. The Bertz CT molecular complexity index is 287. The molecule has 17 heavy (non-hydrogen) atoms. The van der Waals surface area contributed by atoms with Crippen molar-refractivity contribution in [2.75, 3.05) is 19.6 Å². The zero-order chi connectivity index (χ0) is 12.9. The second-order valence-corrected chi connectivity index (χ2v) is 5.38. The average molecular weight is 261 g/mol. The molecule has 1 aliphatic heterocycles. The molecule has 0 bridgehead atoms. The number of halogens is 1. The molecule has 1 saturated heterocycles. The van der Waals surface area contributed by atoms with E-state index in [2.05, 4.69) is 5.32 Å². The summed E-state index contributed by atoms with van der Waals surface area (Å²) in [6.45, 7) is 7.89. The van der Waals surface area contributed by atoms with Crippen molar-refractivity contribution in [3.63, 3.8) is 0 Å². The zero-order valence-corrected chi connectivity index (χ0v) is 11.5. The van der Waals surface area contributed by atoms with Gasteiger partial charge in [0.05, 0.1) is 6.04 Å². The molecule has 0 aromatic carbocycles. The van der Waals surface area contributed by atoms with Crippen LogP contribution in [-0.4, -0.2) is 42.3 Å². The molecule has 1 atom stereocenters. The van der Waals surface area contributed by atoms with Gasteiger partial charge < -0.3 is 15.0 Å². The lowest BCUT2D eigenvalue weighted by Gasteiger charge is -2.36. The summed E-state index contributed by atoms with van der Waals surface area (Å²) in [5, 5.41) is 3.27. The Labute approximate surface area is 108 Å². The van der Waals surface area contributed by atoms with Crippen LogP contribution in [0.4, 0.5) is 4.79 Å². The van der Waals surface area contributed by atoms with E-state index in [-0.39, 0.29) is 12.1 Å². The predicted octanol–water partition coefficient (Wildman–Crippen LogP) is 2.34. The highest BCUT2D eigenvalue weighted by molar-refractivity contribution is 6.25. The molecule has 4 nitrogen and oxygen atoms in total. The smallest absolute Gasteiger partial charge is 0.410 e. The van der Waals surface area contributed by atoms with Gasteiger partial charge in [0.25, 0.3) is 0 Å². The fraction of sp³-hybridized carbons (Fsp3) is 0.750. The molecule has 0 saturated carbocycles. The Morgan fingerprint density at radius 1 is 1.59 bits per heavy atom. The number of nitrogens with zero attached hydrogens (tertiary/aromatic N) is 1. The van der Waals surface area contributed by atoms with Crippen LogP contribution in [-0.2, 0) is 4.74 Å². The molecule has 5 heteroatoms. The third kappa shape index (κ3) is 4.96. The van der Waals surface area contributed by atoms with Gasteiger partial charge >= 0.3 is 6.09 Å². The summed E-state index contributed by atoms with van der Waals surface area (Å²) in [7, 11) is 0. The average Bonchev–Trinajstić information content (AvgIpc) is 2.24. The number of ether oxygens (including phenoxy) is 1. The molecule has 1 rings (SSSR count). The number of hydrogen-bond donors (Lipinski definition) is 1. The van der Waals surface area contributed by atoms with Crippen molar-refractivity contribution in [3.8, 4) is 0 Å². The molecule has 0 spiro atoms. The third-order valence-corrected chi connectivity index (χ3v) is 2.65. The molecule has 0 aromatic rings. The number of carbonyl (C=O) groups is 1. The monoisotopic (exact) mass is 260 g/mol. The van der Waals surface area contributed by atoms with Gasteiger partial charge in [0.15, 0.2) is 0 Å². The molecule has 1 unspecified atom stereocenters. The summed E-state index contributed by atoms with van der Waals surface area (Å²) >= 11 is 5.52. The number of rotatable bonds is 2. The topological polar surface area (TPSA) is 41.6 Å². The van der Waals surface area contributed by atoms with Gasteiger partial charge in [-0.3, -0.25) is 0 Å². The fourth-order valence-electron chi connectivity index (χ4n) is 1.74. The number of nitrogens with one attached hydrogen (secondary N) is 1. The summed E-state index contributed by atoms with van der Waals surface area (Å²) in [6, 6.07) is 0.119. The molecule has 0 radical (unpaired) electrons. The minimum absolute atomic E-state index is 0.119. The first-order chi connectivity index (χ1) is 7.94. The summed E-state index contributed by atoms with van der Waals surface area (Å²) in [5.41, 5.74) is 1.04. The Morgan fingerprint density at radius 2 is 2.29 bits per heavy atom. The lowest BCUT2D eigenvalue weighted by atomic mass is 10.1. The van der Waals surface area contributed by atoms with Crippen molar-refractivity contribution >= 4 is 17.7 Å². The lowest BCUT2D eigenvalue weighted by molar-refractivity contribution is 0.0124. The quantitative estimate of drug-likeness (QED) is 0.829. The fourth-order valence-corrected chi connectivity index (χ4v) is 1.84. The van der Waals surface area contributed by atoms with E-state index in [1.54, 1.807) is 4.90 Å². The highest BCUT2D eigenvalue weighted by atomic mass is 35.5. The van der Waals surface area contributed by atoms with E-state index >= 15 is 0 Å². The first-order valence-corrected chi connectivity index (χ1v) is 6.33. The Hall–Kier alpha value is -0.740. The van der Waals surface area contributed by atoms with Crippen LogP contribution >= 0.6 is 11.6 Å².